The van der Waals surface area contributed by atoms with Crippen LogP contribution < -0.4 is 10.6 Å². The fraction of sp³-hybridized carbons (Fsp3) is 0.929. The minimum atomic E-state index is -2.23. The largest absolute Gasteiger partial charge is 0.390 e. The van der Waals surface area contributed by atoms with Crippen molar-refractivity contribution < 1.29 is 34.3 Å². The Kier molecular flexibility index (Phi) is 4.49. The quantitative estimate of drug-likeness (QED) is 0.361. The highest BCUT2D eigenvalue weighted by molar-refractivity contribution is 5.87. The molecule has 0 spiro atoms. The molecule has 9 atom stereocenters. The topological polar surface area (TPSA) is 130 Å². The van der Waals surface area contributed by atoms with Crippen molar-refractivity contribution in [3.8, 4) is 0 Å². The first-order chi connectivity index (χ1) is 10.8. The van der Waals surface area contributed by atoms with E-state index in [9.17, 15) is 20.1 Å². The number of hydrogen-bond acceptors (Lipinski definition) is 9. The molecule has 1 aliphatic carbocycles. The number of carbonyl (C=O) groups is 1. The predicted molar refractivity (Wildman–Crippen MR) is 76.4 cm³/mol. The molecule has 2 saturated heterocycles. The Morgan fingerprint density at radius 2 is 1.74 bits per heavy atom. The molecule has 9 nitrogen and oxygen atoms in total. The fourth-order valence-corrected chi connectivity index (χ4v) is 3.68. The molecule has 2 heterocycles. The molecule has 3 fully saturated rings. The van der Waals surface area contributed by atoms with Gasteiger partial charge in [0, 0.05) is 6.42 Å². The van der Waals surface area contributed by atoms with Gasteiger partial charge in [0.05, 0.1) is 24.3 Å². The van der Waals surface area contributed by atoms with Crippen LogP contribution in [0.5, 0.6) is 0 Å². The zero-order valence-corrected chi connectivity index (χ0v) is 13.3. The van der Waals surface area contributed by atoms with E-state index in [4.69, 9.17) is 14.2 Å². The van der Waals surface area contributed by atoms with E-state index in [1.807, 2.05) is 0 Å². The van der Waals surface area contributed by atoms with Gasteiger partial charge in [-0.25, -0.2) is 0 Å². The van der Waals surface area contributed by atoms with Gasteiger partial charge in [0.25, 0.3) is 5.79 Å². The van der Waals surface area contributed by atoms with E-state index in [0.29, 0.717) is 0 Å². The number of aliphatic hydroxyl groups is 3. The average Bonchev–Trinajstić information content (AvgIpc) is 2.49. The summed E-state index contributed by atoms with van der Waals surface area (Å²) in [5.74, 6) is -2.76. The average molecular weight is 332 g/mol. The van der Waals surface area contributed by atoms with Crippen LogP contribution in [0.3, 0.4) is 0 Å². The van der Waals surface area contributed by atoms with Crippen molar-refractivity contribution in [3.63, 3.8) is 0 Å². The highest BCUT2D eigenvalue weighted by Crippen LogP contribution is 2.40. The number of fused-ring (bicyclic) bond motifs is 2. The maximum absolute atomic E-state index is 12.2. The summed E-state index contributed by atoms with van der Waals surface area (Å²) in [4.78, 5) is 12.2. The van der Waals surface area contributed by atoms with Crippen molar-refractivity contribution in [2.24, 2.45) is 0 Å². The van der Waals surface area contributed by atoms with Crippen LogP contribution in [0.1, 0.15) is 13.3 Å². The van der Waals surface area contributed by atoms with Gasteiger partial charge >= 0.3 is 0 Å². The van der Waals surface area contributed by atoms with E-state index in [2.05, 4.69) is 10.6 Å². The lowest BCUT2D eigenvalue weighted by molar-refractivity contribution is -0.420. The smallest absolute Gasteiger partial charge is 0.280 e. The molecule has 3 rings (SSSR count). The van der Waals surface area contributed by atoms with Gasteiger partial charge in [0.1, 0.15) is 18.3 Å². The first-order valence-corrected chi connectivity index (χ1v) is 7.78. The second kappa shape index (κ2) is 6.01. The Hall–Kier alpha value is -0.650. The minimum absolute atomic E-state index is 0.00220. The summed E-state index contributed by atoms with van der Waals surface area (Å²) in [6.45, 7) is 1.70. The Labute approximate surface area is 133 Å². The van der Waals surface area contributed by atoms with Gasteiger partial charge in [-0.1, -0.05) is 0 Å². The number of carbonyl (C=O) groups excluding carboxylic acids is 1. The van der Waals surface area contributed by atoms with Crippen molar-refractivity contribution in [2.75, 3.05) is 14.1 Å². The maximum atomic E-state index is 12.2. The number of aliphatic hydroxyl groups excluding tert-OH is 2. The third kappa shape index (κ3) is 2.52. The van der Waals surface area contributed by atoms with Crippen LogP contribution in [0.4, 0.5) is 0 Å². The molecule has 2 aliphatic heterocycles. The van der Waals surface area contributed by atoms with Gasteiger partial charge in [0.15, 0.2) is 5.78 Å². The number of likely N-dealkylation sites (N-methyl/N-ethyl adjacent to an activating group) is 2. The van der Waals surface area contributed by atoms with E-state index in [1.54, 1.807) is 21.0 Å². The van der Waals surface area contributed by atoms with Crippen LogP contribution in [-0.4, -0.2) is 89.9 Å². The van der Waals surface area contributed by atoms with Gasteiger partial charge < -0.3 is 40.2 Å². The van der Waals surface area contributed by atoms with Crippen molar-refractivity contribution in [1.82, 2.24) is 10.6 Å². The Morgan fingerprint density at radius 1 is 1.09 bits per heavy atom. The van der Waals surface area contributed by atoms with Crippen molar-refractivity contribution >= 4 is 5.78 Å². The van der Waals surface area contributed by atoms with E-state index < -0.39 is 60.5 Å². The predicted octanol–water partition coefficient (Wildman–Crippen LogP) is -2.93. The SMILES string of the molecule is CNC1C(O)C(NC)C2O[C@@]3(O)C(=O)CC(C)OC3OC2C1O. The number of ether oxygens (including phenoxy) is 3. The third-order valence-corrected chi connectivity index (χ3v) is 4.93. The zero-order valence-electron chi connectivity index (χ0n) is 13.3. The molecule has 0 bridgehead atoms. The number of Topliss-reactive ketones (excluding diaryl/α,β-unsaturated/α-hetero) is 1. The number of rotatable bonds is 2. The van der Waals surface area contributed by atoms with E-state index >= 15 is 0 Å². The highest BCUT2D eigenvalue weighted by atomic mass is 16.8. The monoisotopic (exact) mass is 332 g/mol. The molecule has 0 aromatic carbocycles. The molecule has 23 heavy (non-hydrogen) atoms. The summed E-state index contributed by atoms with van der Waals surface area (Å²) in [7, 11) is 3.24. The summed E-state index contributed by atoms with van der Waals surface area (Å²) < 4.78 is 16.8. The number of nitrogens with one attached hydrogen (secondary N) is 2. The van der Waals surface area contributed by atoms with E-state index in [-0.39, 0.29) is 6.42 Å². The second-order valence-corrected chi connectivity index (χ2v) is 6.40. The minimum Gasteiger partial charge on any atom is -0.390 e. The summed E-state index contributed by atoms with van der Waals surface area (Å²) in [6, 6.07) is -1.29. The molecule has 0 amide bonds. The summed E-state index contributed by atoms with van der Waals surface area (Å²) in [5.41, 5.74) is 0. The second-order valence-electron chi connectivity index (χ2n) is 6.40. The van der Waals surface area contributed by atoms with Crippen LogP contribution in [0.15, 0.2) is 0 Å². The van der Waals surface area contributed by atoms with Crippen molar-refractivity contribution in [2.45, 2.75) is 68.0 Å². The summed E-state index contributed by atoms with van der Waals surface area (Å²) in [5, 5.41) is 37.2. The van der Waals surface area contributed by atoms with Gasteiger partial charge in [-0.15, -0.1) is 0 Å². The maximum Gasteiger partial charge on any atom is 0.280 e. The van der Waals surface area contributed by atoms with Crippen LogP contribution in [0.25, 0.3) is 0 Å². The number of hydrogen-bond donors (Lipinski definition) is 5. The van der Waals surface area contributed by atoms with Crippen LogP contribution >= 0.6 is 0 Å². The molecule has 8 unspecified atom stereocenters. The van der Waals surface area contributed by atoms with Gasteiger partial charge in [0.2, 0.25) is 6.29 Å². The fourth-order valence-electron chi connectivity index (χ4n) is 3.68. The van der Waals surface area contributed by atoms with Crippen molar-refractivity contribution in [1.29, 1.82) is 0 Å². The lowest BCUT2D eigenvalue weighted by Crippen LogP contribution is -2.77. The highest BCUT2D eigenvalue weighted by Gasteiger charge is 2.63. The standard InChI is InChI=1S/C14H24N2O7/c1-5-4-6(17)14(20)13(21-5)22-12-10(19)7(15-2)9(18)8(16-3)11(12)23-14/h5,7-13,15-16,18-20H,4H2,1-3H3/t5?,7?,8?,9?,10?,11?,12?,13?,14-/m0/s1. The van der Waals surface area contributed by atoms with E-state index in [0.717, 1.165) is 0 Å². The Morgan fingerprint density at radius 3 is 2.35 bits per heavy atom. The molecule has 132 valence electrons. The van der Waals surface area contributed by atoms with Crippen LogP contribution in [-0.2, 0) is 19.0 Å². The molecular weight excluding hydrogens is 308 g/mol. The summed E-state index contributed by atoms with van der Waals surface area (Å²) >= 11 is 0. The molecule has 5 N–H and O–H groups in total. The zero-order chi connectivity index (χ0) is 16.9. The molecule has 0 aromatic heterocycles. The third-order valence-electron chi connectivity index (χ3n) is 4.93. The van der Waals surface area contributed by atoms with E-state index in [1.165, 1.54) is 0 Å². The molecular formula is C14H24N2O7. The summed E-state index contributed by atoms with van der Waals surface area (Å²) in [6.07, 6.45) is -5.58. The lowest BCUT2D eigenvalue weighted by Gasteiger charge is -2.55. The van der Waals surface area contributed by atoms with Crippen LogP contribution in [0, 0.1) is 0 Å². The first kappa shape index (κ1) is 17.2. The first-order valence-electron chi connectivity index (χ1n) is 7.78. The molecule has 0 aromatic rings. The molecule has 0 radical (unpaired) electrons. The number of ketones is 1. The Bertz CT molecular complexity index is 478. The molecule has 9 heteroatoms. The Balaban J connectivity index is 1.92. The lowest BCUT2D eigenvalue weighted by atomic mass is 9.80. The van der Waals surface area contributed by atoms with Gasteiger partial charge in [-0.05, 0) is 21.0 Å². The van der Waals surface area contributed by atoms with Crippen LogP contribution in [0.2, 0.25) is 0 Å². The van der Waals surface area contributed by atoms with Gasteiger partial charge in [-0.2, -0.15) is 0 Å². The molecule has 3 aliphatic rings. The van der Waals surface area contributed by atoms with Gasteiger partial charge in [-0.3, -0.25) is 4.79 Å². The van der Waals surface area contributed by atoms with Crippen molar-refractivity contribution in [3.05, 3.63) is 0 Å². The molecule has 1 saturated carbocycles. The normalized spacial score (nSPS) is 53.6.